The minimum absolute atomic E-state index is 0.254. The minimum Gasteiger partial charge on any atom is -0.497 e. The molecule has 33 heavy (non-hydrogen) atoms. The molecule has 166 valence electrons. The highest BCUT2D eigenvalue weighted by molar-refractivity contribution is 8.26. The lowest BCUT2D eigenvalue weighted by Crippen LogP contribution is -2.44. The summed E-state index contributed by atoms with van der Waals surface area (Å²) < 4.78 is 11.2. The molecule has 6 nitrogen and oxygen atoms in total. The Kier molecular flexibility index (Phi) is 7.07. The summed E-state index contributed by atoms with van der Waals surface area (Å²) in [4.78, 5) is 25.8. The normalized spacial score (nSPS) is 14.5. The number of nitrogens with zero attached hydrogens (tertiary/aromatic N) is 1. The summed E-state index contributed by atoms with van der Waals surface area (Å²) in [6, 6.07) is 23.9. The average Bonchev–Trinajstić information content (AvgIpc) is 3.11. The molecule has 0 saturated carbocycles. The van der Waals surface area contributed by atoms with Crippen LogP contribution in [0.1, 0.15) is 21.5 Å². The van der Waals surface area contributed by atoms with Crippen molar-refractivity contribution in [3.05, 3.63) is 100 Å². The van der Waals surface area contributed by atoms with Gasteiger partial charge in [-0.2, -0.15) is 5.01 Å². The van der Waals surface area contributed by atoms with Gasteiger partial charge in [0.25, 0.3) is 11.8 Å². The molecule has 0 unspecified atom stereocenters. The van der Waals surface area contributed by atoms with Crippen LogP contribution in [-0.2, 0) is 11.4 Å². The Bertz CT molecular complexity index is 1210. The zero-order valence-electron chi connectivity index (χ0n) is 17.7. The van der Waals surface area contributed by atoms with Crippen LogP contribution >= 0.6 is 24.0 Å². The van der Waals surface area contributed by atoms with Gasteiger partial charge in [-0.1, -0.05) is 54.2 Å². The van der Waals surface area contributed by atoms with E-state index in [-0.39, 0.29) is 10.2 Å². The molecule has 1 fully saturated rings. The highest BCUT2D eigenvalue weighted by atomic mass is 32.2. The van der Waals surface area contributed by atoms with E-state index >= 15 is 0 Å². The molecular weight excluding hydrogens is 456 g/mol. The van der Waals surface area contributed by atoms with Crippen molar-refractivity contribution < 1.29 is 19.1 Å². The Morgan fingerprint density at radius 1 is 1.03 bits per heavy atom. The lowest BCUT2D eigenvalue weighted by molar-refractivity contribution is -0.123. The number of nitrogens with one attached hydrogen (secondary N) is 1. The molecule has 1 aliphatic heterocycles. The van der Waals surface area contributed by atoms with E-state index in [2.05, 4.69) is 5.43 Å². The molecule has 0 bridgehead atoms. The molecule has 0 aliphatic carbocycles. The molecule has 1 aliphatic rings. The quantitative estimate of drug-likeness (QED) is 0.390. The molecule has 0 radical (unpaired) electrons. The van der Waals surface area contributed by atoms with Gasteiger partial charge in [-0.3, -0.25) is 15.0 Å². The first-order valence-corrected chi connectivity index (χ1v) is 11.3. The number of rotatable bonds is 7. The summed E-state index contributed by atoms with van der Waals surface area (Å²) in [5.41, 5.74) is 4.82. The largest absolute Gasteiger partial charge is 0.497 e. The molecule has 1 heterocycles. The fourth-order valence-corrected chi connectivity index (χ4v) is 4.24. The molecule has 3 aromatic rings. The van der Waals surface area contributed by atoms with Gasteiger partial charge >= 0.3 is 0 Å². The van der Waals surface area contributed by atoms with Gasteiger partial charge in [0, 0.05) is 5.56 Å². The smallest absolute Gasteiger partial charge is 0.285 e. The van der Waals surface area contributed by atoms with Crippen molar-refractivity contribution in [2.75, 3.05) is 7.11 Å². The Labute approximate surface area is 201 Å². The molecule has 1 N–H and O–H groups in total. The van der Waals surface area contributed by atoms with Gasteiger partial charge in [0.15, 0.2) is 4.32 Å². The van der Waals surface area contributed by atoms with Gasteiger partial charge in [-0.05, 0) is 65.8 Å². The van der Waals surface area contributed by atoms with Gasteiger partial charge in [-0.25, -0.2) is 0 Å². The van der Waals surface area contributed by atoms with E-state index < -0.39 is 5.91 Å². The third-order valence-electron chi connectivity index (χ3n) is 4.76. The number of hydrogen-bond acceptors (Lipinski definition) is 6. The van der Waals surface area contributed by atoms with Gasteiger partial charge in [0.05, 0.1) is 12.0 Å². The predicted octanol–water partition coefficient (Wildman–Crippen LogP) is 4.82. The molecule has 2 amide bonds. The van der Waals surface area contributed by atoms with E-state index in [9.17, 15) is 9.59 Å². The Balaban J connectivity index is 1.43. The van der Waals surface area contributed by atoms with Gasteiger partial charge in [0.2, 0.25) is 0 Å². The molecule has 3 aromatic carbocycles. The summed E-state index contributed by atoms with van der Waals surface area (Å²) in [7, 11) is 1.55. The van der Waals surface area contributed by atoms with Gasteiger partial charge < -0.3 is 9.47 Å². The standard InChI is InChI=1S/C25H20N2O4S2/c1-30-20-12-10-19(11-13-20)23(28)26-27-24(29)22(33-25(27)32)15-18-8-5-9-21(14-18)31-16-17-6-3-2-4-7-17/h2-15H,16H2,1H3,(H,26,28)/b22-15+. The minimum atomic E-state index is -0.438. The molecule has 8 heteroatoms. The van der Waals surface area contributed by atoms with Crippen molar-refractivity contribution in [2.45, 2.75) is 6.61 Å². The van der Waals surface area contributed by atoms with Crippen molar-refractivity contribution >= 4 is 46.2 Å². The monoisotopic (exact) mass is 476 g/mol. The highest BCUT2D eigenvalue weighted by Crippen LogP contribution is 2.32. The third-order valence-corrected chi connectivity index (χ3v) is 6.07. The van der Waals surface area contributed by atoms with E-state index in [1.165, 1.54) is 0 Å². The fraction of sp³-hybridized carbons (Fsp3) is 0.0800. The second-order valence-electron chi connectivity index (χ2n) is 7.03. The van der Waals surface area contributed by atoms with Crippen LogP contribution in [0.3, 0.4) is 0 Å². The molecule has 1 saturated heterocycles. The second-order valence-corrected chi connectivity index (χ2v) is 8.71. The van der Waals surface area contributed by atoms with Crippen LogP contribution in [0.25, 0.3) is 6.08 Å². The molecular formula is C25H20N2O4S2. The highest BCUT2D eigenvalue weighted by Gasteiger charge is 2.33. The third kappa shape index (κ3) is 5.60. The van der Waals surface area contributed by atoms with E-state index in [0.717, 1.165) is 27.9 Å². The summed E-state index contributed by atoms with van der Waals surface area (Å²) >= 11 is 6.44. The van der Waals surface area contributed by atoms with Crippen LogP contribution in [0.2, 0.25) is 0 Å². The maximum absolute atomic E-state index is 12.9. The maximum atomic E-state index is 12.9. The number of ether oxygens (including phenoxy) is 2. The lowest BCUT2D eigenvalue weighted by Gasteiger charge is -2.15. The van der Waals surface area contributed by atoms with E-state index in [1.807, 2.05) is 54.6 Å². The number of benzene rings is 3. The maximum Gasteiger partial charge on any atom is 0.285 e. The Morgan fingerprint density at radius 3 is 2.52 bits per heavy atom. The Hall–Kier alpha value is -3.62. The number of carbonyl (C=O) groups excluding carboxylic acids is 2. The van der Waals surface area contributed by atoms with Crippen LogP contribution in [-0.4, -0.2) is 28.3 Å². The van der Waals surface area contributed by atoms with Crippen molar-refractivity contribution in [3.63, 3.8) is 0 Å². The van der Waals surface area contributed by atoms with Gasteiger partial charge in [-0.15, -0.1) is 0 Å². The summed E-state index contributed by atoms with van der Waals surface area (Å²) in [6.07, 6.45) is 1.73. The van der Waals surface area contributed by atoms with E-state index in [4.69, 9.17) is 21.7 Å². The SMILES string of the molecule is COc1ccc(C(=O)NN2C(=O)/C(=C\c3cccc(OCc4ccccc4)c3)SC2=S)cc1. The topological polar surface area (TPSA) is 67.9 Å². The van der Waals surface area contributed by atoms with Crippen LogP contribution < -0.4 is 14.9 Å². The Morgan fingerprint density at radius 2 is 1.79 bits per heavy atom. The van der Waals surface area contributed by atoms with Crippen LogP contribution in [0.15, 0.2) is 83.8 Å². The van der Waals surface area contributed by atoms with Gasteiger partial charge in [0.1, 0.15) is 18.1 Å². The van der Waals surface area contributed by atoms with E-state index in [0.29, 0.717) is 28.6 Å². The lowest BCUT2D eigenvalue weighted by atomic mass is 10.2. The number of methoxy groups -OCH3 is 1. The van der Waals surface area contributed by atoms with Crippen molar-refractivity contribution in [1.82, 2.24) is 10.4 Å². The summed E-state index contributed by atoms with van der Waals surface area (Å²) in [6.45, 7) is 0.448. The predicted molar refractivity (Wildman–Crippen MR) is 133 cm³/mol. The summed E-state index contributed by atoms with van der Waals surface area (Å²) in [5.74, 6) is 0.500. The van der Waals surface area contributed by atoms with Crippen molar-refractivity contribution in [2.24, 2.45) is 0 Å². The number of carbonyl (C=O) groups is 2. The number of hydrazine groups is 1. The molecule has 0 atom stereocenters. The fourth-order valence-electron chi connectivity index (χ4n) is 3.06. The average molecular weight is 477 g/mol. The zero-order valence-corrected chi connectivity index (χ0v) is 19.3. The first kappa shape index (κ1) is 22.6. The van der Waals surface area contributed by atoms with Crippen molar-refractivity contribution in [3.8, 4) is 11.5 Å². The number of amides is 2. The van der Waals surface area contributed by atoms with Crippen molar-refractivity contribution in [1.29, 1.82) is 0 Å². The van der Waals surface area contributed by atoms with Crippen LogP contribution in [0.5, 0.6) is 11.5 Å². The summed E-state index contributed by atoms with van der Waals surface area (Å²) in [5, 5.41) is 1.09. The second kappa shape index (κ2) is 10.3. The number of thiocarbonyl (C=S) groups is 1. The number of hydrogen-bond donors (Lipinski definition) is 1. The first-order valence-electron chi connectivity index (χ1n) is 10.0. The van der Waals surface area contributed by atoms with Crippen LogP contribution in [0, 0.1) is 0 Å². The van der Waals surface area contributed by atoms with E-state index in [1.54, 1.807) is 37.5 Å². The molecule has 0 aromatic heterocycles. The molecule has 0 spiro atoms. The van der Waals surface area contributed by atoms with Crippen LogP contribution in [0.4, 0.5) is 0 Å². The molecule has 4 rings (SSSR count). The first-order chi connectivity index (χ1) is 16.0. The zero-order chi connectivity index (χ0) is 23.2. The number of thioether (sulfide) groups is 1.